The number of thiazole rings is 1. The Hall–Kier alpha value is -3.09. The van der Waals surface area contributed by atoms with Crippen LogP contribution in [0.1, 0.15) is 46.5 Å². The fourth-order valence-corrected chi connectivity index (χ4v) is 4.37. The van der Waals surface area contributed by atoms with Crippen molar-refractivity contribution in [2.75, 3.05) is 26.3 Å². The van der Waals surface area contributed by atoms with Gasteiger partial charge in [-0.2, -0.15) is 13.2 Å². The molecule has 2 N–H and O–H groups in total. The summed E-state index contributed by atoms with van der Waals surface area (Å²) >= 11 is 1.53. The van der Waals surface area contributed by atoms with Crippen molar-refractivity contribution in [1.82, 2.24) is 25.6 Å². The molecule has 0 aliphatic carbocycles. The molecule has 36 heavy (non-hydrogen) atoms. The van der Waals surface area contributed by atoms with Crippen LogP contribution >= 0.6 is 11.3 Å². The maximum absolute atomic E-state index is 13.1. The van der Waals surface area contributed by atoms with Crippen molar-refractivity contribution < 1.29 is 27.4 Å². The van der Waals surface area contributed by atoms with Crippen LogP contribution in [0.25, 0.3) is 10.6 Å². The predicted octanol–water partition coefficient (Wildman–Crippen LogP) is 4.04. The number of hydrogen-bond donors (Lipinski definition) is 2. The molecule has 1 fully saturated rings. The topological polar surface area (TPSA) is 98.3 Å². The molecule has 1 saturated heterocycles. The predicted molar refractivity (Wildman–Crippen MR) is 128 cm³/mol. The number of carbonyl (C=O) groups excluding carboxylic acids is 1. The number of amides is 1. The van der Waals surface area contributed by atoms with Crippen LogP contribution in [0.3, 0.4) is 0 Å². The average molecular weight is 522 g/mol. The van der Waals surface area contributed by atoms with E-state index >= 15 is 0 Å². The number of aryl methyl sites for hydroxylation is 1. The van der Waals surface area contributed by atoms with Crippen molar-refractivity contribution in [1.29, 1.82) is 0 Å². The second kappa shape index (κ2) is 11.3. The van der Waals surface area contributed by atoms with Crippen molar-refractivity contribution in [3.05, 3.63) is 58.6 Å². The highest BCUT2D eigenvalue weighted by molar-refractivity contribution is 7.15. The quantitative estimate of drug-likeness (QED) is 0.462. The van der Waals surface area contributed by atoms with Crippen LogP contribution in [0.2, 0.25) is 0 Å². The molecule has 1 aliphatic rings. The van der Waals surface area contributed by atoms with Crippen LogP contribution < -0.4 is 15.4 Å². The van der Waals surface area contributed by atoms with Gasteiger partial charge in [0.2, 0.25) is 5.82 Å². The van der Waals surface area contributed by atoms with Crippen molar-refractivity contribution in [3.8, 4) is 16.3 Å². The van der Waals surface area contributed by atoms with E-state index in [-0.39, 0.29) is 6.10 Å². The minimum absolute atomic E-state index is 0.106. The van der Waals surface area contributed by atoms with Gasteiger partial charge in [0.15, 0.2) is 0 Å². The molecule has 1 aromatic carbocycles. The molecule has 3 heterocycles. The number of hydrogen-bond acceptors (Lipinski definition) is 8. The van der Waals surface area contributed by atoms with Gasteiger partial charge < -0.3 is 20.1 Å². The molecular weight excluding hydrogens is 495 g/mol. The molecule has 3 aromatic rings. The number of morpholine rings is 1. The third-order valence-electron chi connectivity index (χ3n) is 5.53. The minimum atomic E-state index is -4.63. The molecule has 0 bridgehead atoms. The molecule has 12 heteroatoms. The SMILES string of the molecule is CCc1cnc(-c2cc(OC[C@@H]3CNCCO3)cc(C(=O)NC(C)c3cnc(C(F)(F)F)nc3)c2)s1. The molecule has 8 nitrogen and oxygen atoms in total. The van der Waals surface area contributed by atoms with Crippen LogP contribution in [0, 0.1) is 0 Å². The molecule has 0 spiro atoms. The standard InChI is InChI=1S/C24H26F3N5O3S/c1-3-20-12-29-22(36-20)16-6-15(7-18(8-16)35-13-19-11-28-4-5-34-19)21(33)32-14(2)17-9-30-23(31-10-17)24(25,26)27/h6-10,12,14,19,28H,3-5,11,13H2,1-2H3,(H,32,33)/t14?,19-/m0/s1. The molecule has 1 aliphatic heterocycles. The van der Waals surface area contributed by atoms with Gasteiger partial charge in [0.25, 0.3) is 5.91 Å². The summed E-state index contributed by atoms with van der Waals surface area (Å²) in [6, 6.07) is 4.55. The summed E-state index contributed by atoms with van der Waals surface area (Å²) in [6.45, 7) is 6.07. The Bertz CT molecular complexity index is 1180. The summed E-state index contributed by atoms with van der Waals surface area (Å²) in [5, 5.41) is 6.79. The number of ether oxygens (including phenoxy) is 2. The Balaban J connectivity index is 1.53. The lowest BCUT2D eigenvalue weighted by Crippen LogP contribution is -2.41. The first kappa shape index (κ1) is 26.0. The summed E-state index contributed by atoms with van der Waals surface area (Å²) < 4.78 is 49.9. The van der Waals surface area contributed by atoms with Gasteiger partial charge in [0, 0.05) is 53.2 Å². The Labute approximate surface area is 210 Å². The zero-order valence-electron chi connectivity index (χ0n) is 19.8. The van der Waals surface area contributed by atoms with Crippen LogP contribution in [0.15, 0.2) is 36.8 Å². The number of halogens is 3. The lowest BCUT2D eigenvalue weighted by atomic mass is 10.1. The highest BCUT2D eigenvalue weighted by Gasteiger charge is 2.34. The van der Waals surface area contributed by atoms with Crippen LogP contribution in [-0.4, -0.2) is 53.3 Å². The maximum atomic E-state index is 13.1. The van der Waals surface area contributed by atoms with Gasteiger partial charge in [-0.1, -0.05) is 6.92 Å². The van der Waals surface area contributed by atoms with Crippen molar-refractivity contribution in [2.24, 2.45) is 0 Å². The first-order valence-electron chi connectivity index (χ1n) is 11.5. The van der Waals surface area contributed by atoms with Crippen LogP contribution in [0.5, 0.6) is 5.75 Å². The largest absolute Gasteiger partial charge is 0.491 e. The number of nitrogens with zero attached hydrogens (tertiary/aromatic N) is 3. The highest BCUT2D eigenvalue weighted by Crippen LogP contribution is 2.31. The van der Waals surface area contributed by atoms with Crippen molar-refractivity contribution in [3.63, 3.8) is 0 Å². The Morgan fingerprint density at radius 1 is 1.25 bits per heavy atom. The number of nitrogens with one attached hydrogen (secondary N) is 2. The second-order valence-electron chi connectivity index (χ2n) is 8.27. The van der Waals surface area contributed by atoms with E-state index in [0.717, 1.165) is 40.8 Å². The zero-order chi connectivity index (χ0) is 25.7. The maximum Gasteiger partial charge on any atom is 0.451 e. The van der Waals surface area contributed by atoms with Gasteiger partial charge in [-0.15, -0.1) is 11.3 Å². The highest BCUT2D eigenvalue weighted by atomic mass is 32.1. The lowest BCUT2D eigenvalue weighted by molar-refractivity contribution is -0.145. The lowest BCUT2D eigenvalue weighted by Gasteiger charge is -2.23. The molecular formula is C24H26F3N5O3S. The molecule has 4 rings (SSSR count). The summed E-state index contributed by atoms with van der Waals surface area (Å²) in [6.07, 6.45) is 0.0403. The van der Waals surface area contributed by atoms with E-state index in [2.05, 4.69) is 25.6 Å². The third kappa shape index (κ3) is 6.56. The zero-order valence-corrected chi connectivity index (χ0v) is 20.6. The first-order chi connectivity index (χ1) is 17.2. The van der Waals surface area contributed by atoms with E-state index in [9.17, 15) is 18.0 Å². The molecule has 2 atom stereocenters. The van der Waals surface area contributed by atoms with Crippen molar-refractivity contribution >= 4 is 17.2 Å². The molecule has 2 aromatic heterocycles. The molecule has 1 amide bonds. The van der Waals surface area contributed by atoms with Crippen LogP contribution in [0.4, 0.5) is 13.2 Å². The summed E-state index contributed by atoms with van der Waals surface area (Å²) in [4.78, 5) is 25.4. The van der Waals surface area contributed by atoms with Crippen LogP contribution in [-0.2, 0) is 17.3 Å². The van der Waals surface area contributed by atoms with Gasteiger partial charge in [0.05, 0.1) is 12.6 Å². The van der Waals surface area contributed by atoms with E-state index in [1.54, 1.807) is 19.1 Å². The minimum Gasteiger partial charge on any atom is -0.491 e. The number of rotatable bonds is 8. The number of alkyl halides is 3. The molecule has 192 valence electrons. The summed E-state index contributed by atoms with van der Waals surface area (Å²) in [5.41, 5.74) is 1.41. The molecule has 0 radical (unpaired) electrons. The van der Waals surface area contributed by atoms with E-state index in [0.29, 0.717) is 36.6 Å². The van der Waals surface area contributed by atoms with E-state index < -0.39 is 23.9 Å². The van der Waals surface area contributed by atoms with Gasteiger partial charge in [-0.05, 0) is 31.5 Å². The van der Waals surface area contributed by atoms with E-state index in [1.165, 1.54) is 11.3 Å². The number of carbonyl (C=O) groups is 1. The second-order valence-corrected chi connectivity index (χ2v) is 9.39. The Morgan fingerprint density at radius 2 is 2.03 bits per heavy atom. The Morgan fingerprint density at radius 3 is 2.67 bits per heavy atom. The van der Waals surface area contributed by atoms with Crippen molar-refractivity contribution in [2.45, 2.75) is 38.6 Å². The van der Waals surface area contributed by atoms with Gasteiger partial charge in [-0.3, -0.25) is 4.79 Å². The van der Waals surface area contributed by atoms with E-state index in [1.807, 2.05) is 19.2 Å². The summed E-state index contributed by atoms with van der Waals surface area (Å²) in [7, 11) is 0. The van der Waals surface area contributed by atoms with E-state index in [4.69, 9.17) is 9.47 Å². The fraction of sp³-hybridized carbons (Fsp3) is 0.417. The third-order valence-corrected chi connectivity index (χ3v) is 6.72. The fourth-order valence-electron chi connectivity index (χ4n) is 3.53. The molecule has 0 saturated carbocycles. The molecule has 1 unspecified atom stereocenters. The smallest absolute Gasteiger partial charge is 0.451 e. The average Bonchev–Trinajstić information content (AvgIpc) is 3.37. The van der Waals surface area contributed by atoms with Gasteiger partial charge in [0.1, 0.15) is 23.5 Å². The van der Waals surface area contributed by atoms with Gasteiger partial charge >= 0.3 is 6.18 Å². The number of benzene rings is 1. The normalized spacial score (nSPS) is 17.0. The number of aromatic nitrogens is 3. The monoisotopic (exact) mass is 521 g/mol. The summed E-state index contributed by atoms with van der Waals surface area (Å²) in [5.74, 6) is -1.16. The first-order valence-corrected chi connectivity index (χ1v) is 12.3. The Kier molecular flexibility index (Phi) is 8.17. The van der Waals surface area contributed by atoms with Gasteiger partial charge in [-0.25, -0.2) is 15.0 Å².